The highest BCUT2D eigenvalue weighted by atomic mass is 16.4. The summed E-state index contributed by atoms with van der Waals surface area (Å²) in [6, 6.07) is 8.87. The van der Waals surface area contributed by atoms with Crippen LogP contribution >= 0.6 is 0 Å². The Labute approximate surface area is 109 Å². The van der Waals surface area contributed by atoms with Crippen LogP contribution in [0, 0.1) is 5.92 Å². The van der Waals surface area contributed by atoms with E-state index in [4.69, 9.17) is 5.11 Å². The molecule has 0 saturated heterocycles. The summed E-state index contributed by atoms with van der Waals surface area (Å²) in [5.41, 5.74) is 2.75. The molecule has 2 nitrogen and oxygen atoms in total. The molecule has 1 aliphatic carbocycles. The summed E-state index contributed by atoms with van der Waals surface area (Å²) in [4.78, 5) is 10.9. The Balaban J connectivity index is 1.99. The lowest BCUT2D eigenvalue weighted by molar-refractivity contribution is -0.142. The van der Waals surface area contributed by atoms with Crippen molar-refractivity contribution in [3.8, 4) is 0 Å². The number of aliphatic carboxylic acids is 1. The van der Waals surface area contributed by atoms with Crippen LogP contribution in [-0.4, -0.2) is 11.1 Å². The molecule has 0 heterocycles. The maximum absolute atomic E-state index is 10.9. The molecular weight excluding hydrogens is 224 g/mol. The normalized spacial score (nSPS) is 24.2. The molecule has 1 N–H and O–H groups in total. The molecule has 1 fully saturated rings. The van der Waals surface area contributed by atoms with Gasteiger partial charge in [0.15, 0.2) is 0 Å². The Morgan fingerprint density at radius 3 is 2.11 bits per heavy atom. The molecular formula is C16H22O2. The topological polar surface area (TPSA) is 37.3 Å². The van der Waals surface area contributed by atoms with E-state index in [2.05, 4.69) is 38.1 Å². The van der Waals surface area contributed by atoms with Gasteiger partial charge in [-0.2, -0.15) is 0 Å². The highest BCUT2D eigenvalue weighted by Crippen LogP contribution is 2.36. The first-order valence-corrected chi connectivity index (χ1v) is 6.90. The number of hydrogen-bond acceptors (Lipinski definition) is 1. The van der Waals surface area contributed by atoms with Crippen LogP contribution in [0.4, 0.5) is 0 Å². The van der Waals surface area contributed by atoms with Crippen LogP contribution in [0.25, 0.3) is 0 Å². The molecule has 1 saturated carbocycles. The van der Waals surface area contributed by atoms with Crippen molar-refractivity contribution >= 4 is 5.97 Å². The van der Waals surface area contributed by atoms with E-state index >= 15 is 0 Å². The Morgan fingerprint density at radius 2 is 1.67 bits per heavy atom. The molecule has 0 unspecified atom stereocenters. The predicted molar refractivity (Wildman–Crippen MR) is 72.9 cm³/mol. The zero-order chi connectivity index (χ0) is 13.1. The Hall–Kier alpha value is -1.31. The summed E-state index contributed by atoms with van der Waals surface area (Å²) in [7, 11) is 0. The van der Waals surface area contributed by atoms with E-state index in [1.165, 1.54) is 11.1 Å². The number of carboxylic acid groups (broad SMARTS) is 1. The molecule has 0 bridgehead atoms. The maximum atomic E-state index is 10.9. The van der Waals surface area contributed by atoms with Crippen molar-refractivity contribution < 1.29 is 9.90 Å². The second kappa shape index (κ2) is 5.55. The van der Waals surface area contributed by atoms with Crippen molar-refractivity contribution in [2.24, 2.45) is 5.92 Å². The van der Waals surface area contributed by atoms with E-state index in [0.717, 1.165) is 25.7 Å². The summed E-state index contributed by atoms with van der Waals surface area (Å²) >= 11 is 0. The molecule has 0 aliphatic heterocycles. The average Bonchev–Trinajstić information content (AvgIpc) is 2.39. The second-order valence-corrected chi connectivity index (χ2v) is 5.71. The van der Waals surface area contributed by atoms with E-state index in [1.54, 1.807) is 0 Å². The van der Waals surface area contributed by atoms with Crippen molar-refractivity contribution in [1.29, 1.82) is 0 Å². The van der Waals surface area contributed by atoms with Crippen molar-refractivity contribution in [3.05, 3.63) is 35.4 Å². The number of carbonyl (C=O) groups is 1. The third-order valence-electron chi connectivity index (χ3n) is 4.15. The van der Waals surface area contributed by atoms with Crippen LogP contribution in [0.15, 0.2) is 24.3 Å². The lowest BCUT2D eigenvalue weighted by Gasteiger charge is -2.26. The molecule has 1 aromatic carbocycles. The fraction of sp³-hybridized carbons (Fsp3) is 0.562. The molecule has 1 aromatic rings. The van der Waals surface area contributed by atoms with Crippen LogP contribution in [-0.2, 0) is 4.79 Å². The van der Waals surface area contributed by atoms with Crippen LogP contribution in [0.5, 0.6) is 0 Å². The monoisotopic (exact) mass is 246 g/mol. The number of carboxylic acids is 1. The quantitative estimate of drug-likeness (QED) is 0.869. The molecule has 98 valence electrons. The van der Waals surface area contributed by atoms with Gasteiger partial charge in [-0.05, 0) is 48.6 Å². The van der Waals surface area contributed by atoms with Gasteiger partial charge in [0.1, 0.15) is 0 Å². The van der Waals surface area contributed by atoms with Crippen molar-refractivity contribution in [3.63, 3.8) is 0 Å². The summed E-state index contributed by atoms with van der Waals surface area (Å²) < 4.78 is 0. The smallest absolute Gasteiger partial charge is 0.306 e. The summed E-state index contributed by atoms with van der Waals surface area (Å²) in [6.07, 6.45) is 3.67. The Kier molecular flexibility index (Phi) is 4.05. The first-order chi connectivity index (χ1) is 8.58. The molecule has 18 heavy (non-hydrogen) atoms. The third kappa shape index (κ3) is 2.92. The Bertz CT molecular complexity index is 398. The van der Waals surface area contributed by atoms with Gasteiger partial charge in [0.05, 0.1) is 5.92 Å². The fourth-order valence-electron chi connectivity index (χ4n) is 2.83. The number of rotatable bonds is 3. The lowest BCUT2D eigenvalue weighted by Crippen LogP contribution is -2.20. The van der Waals surface area contributed by atoms with E-state index < -0.39 is 5.97 Å². The van der Waals surface area contributed by atoms with Crippen LogP contribution in [0.2, 0.25) is 0 Å². The van der Waals surface area contributed by atoms with Gasteiger partial charge in [-0.3, -0.25) is 4.79 Å². The van der Waals surface area contributed by atoms with Crippen molar-refractivity contribution in [2.45, 2.75) is 51.4 Å². The largest absolute Gasteiger partial charge is 0.481 e. The standard InChI is InChI=1S/C16H22O2/c1-11(2)12-3-5-13(6-4-12)14-7-9-15(10-8-14)16(17)18/h3-6,11,14-15H,7-10H2,1-2H3,(H,17,18). The number of hydrogen-bond donors (Lipinski definition) is 1. The van der Waals surface area contributed by atoms with Gasteiger partial charge < -0.3 is 5.11 Å². The molecule has 0 amide bonds. The zero-order valence-corrected chi connectivity index (χ0v) is 11.2. The highest BCUT2D eigenvalue weighted by Gasteiger charge is 2.26. The van der Waals surface area contributed by atoms with E-state index in [9.17, 15) is 4.79 Å². The minimum absolute atomic E-state index is 0.115. The molecule has 0 aromatic heterocycles. The zero-order valence-electron chi connectivity index (χ0n) is 11.2. The van der Waals surface area contributed by atoms with Gasteiger partial charge in [-0.25, -0.2) is 0 Å². The van der Waals surface area contributed by atoms with Crippen molar-refractivity contribution in [2.75, 3.05) is 0 Å². The van der Waals surface area contributed by atoms with E-state index in [-0.39, 0.29) is 5.92 Å². The minimum atomic E-state index is -0.622. The fourth-order valence-corrected chi connectivity index (χ4v) is 2.83. The van der Waals surface area contributed by atoms with Gasteiger partial charge in [0, 0.05) is 0 Å². The van der Waals surface area contributed by atoms with Gasteiger partial charge in [-0.1, -0.05) is 38.1 Å². The third-order valence-corrected chi connectivity index (χ3v) is 4.15. The second-order valence-electron chi connectivity index (χ2n) is 5.71. The lowest BCUT2D eigenvalue weighted by atomic mass is 9.78. The molecule has 2 heteroatoms. The van der Waals surface area contributed by atoms with Crippen LogP contribution in [0.3, 0.4) is 0 Å². The summed E-state index contributed by atoms with van der Waals surface area (Å²) in [5, 5.41) is 8.99. The minimum Gasteiger partial charge on any atom is -0.481 e. The first-order valence-electron chi connectivity index (χ1n) is 6.90. The van der Waals surface area contributed by atoms with E-state index in [1.807, 2.05) is 0 Å². The van der Waals surface area contributed by atoms with Gasteiger partial charge in [-0.15, -0.1) is 0 Å². The predicted octanol–water partition coefficient (Wildman–Crippen LogP) is 4.17. The number of benzene rings is 1. The summed E-state index contributed by atoms with van der Waals surface area (Å²) in [6.45, 7) is 4.40. The SMILES string of the molecule is CC(C)c1ccc(C2CCC(C(=O)O)CC2)cc1. The average molecular weight is 246 g/mol. The molecule has 0 atom stereocenters. The van der Waals surface area contributed by atoms with Gasteiger partial charge in [0.25, 0.3) is 0 Å². The molecule has 2 rings (SSSR count). The molecule has 0 radical (unpaired) electrons. The molecule has 0 spiro atoms. The highest BCUT2D eigenvalue weighted by molar-refractivity contribution is 5.70. The summed E-state index contributed by atoms with van der Waals surface area (Å²) in [5.74, 6) is 0.392. The van der Waals surface area contributed by atoms with Crippen LogP contribution in [0.1, 0.15) is 62.5 Å². The van der Waals surface area contributed by atoms with Gasteiger partial charge >= 0.3 is 5.97 Å². The van der Waals surface area contributed by atoms with E-state index in [0.29, 0.717) is 11.8 Å². The van der Waals surface area contributed by atoms with Crippen LogP contribution < -0.4 is 0 Å². The maximum Gasteiger partial charge on any atom is 0.306 e. The first kappa shape index (κ1) is 13.1. The van der Waals surface area contributed by atoms with Gasteiger partial charge in [0.2, 0.25) is 0 Å². The molecule has 1 aliphatic rings. The van der Waals surface area contributed by atoms with Crippen molar-refractivity contribution in [1.82, 2.24) is 0 Å². The Morgan fingerprint density at radius 1 is 1.11 bits per heavy atom.